The maximum absolute atomic E-state index is 13.1. The highest BCUT2D eigenvalue weighted by atomic mass is 16.5. The molecule has 0 unspecified atom stereocenters. The van der Waals surface area contributed by atoms with Crippen LogP contribution in [0.15, 0.2) is 42.6 Å². The predicted molar refractivity (Wildman–Crippen MR) is 98.7 cm³/mol. The molecular weight excluding hydrogens is 330 g/mol. The van der Waals surface area contributed by atoms with Gasteiger partial charge in [0, 0.05) is 17.5 Å². The minimum atomic E-state index is 0.0405. The van der Waals surface area contributed by atoms with Crippen LogP contribution in [0, 0.1) is 0 Å². The van der Waals surface area contributed by atoms with Crippen LogP contribution in [-0.2, 0) is 0 Å². The maximum Gasteiger partial charge on any atom is 0.254 e. The average molecular weight is 351 g/mol. The van der Waals surface area contributed by atoms with Gasteiger partial charge < -0.3 is 14.4 Å². The van der Waals surface area contributed by atoms with Crippen molar-refractivity contribution < 1.29 is 14.3 Å². The van der Waals surface area contributed by atoms with Crippen molar-refractivity contribution in [2.45, 2.75) is 18.9 Å². The lowest BCUT2D eigenvalue weighted by atomic mass is 10.0. The summed E-state index contributed by atoms with van der Waals surface area (Å²) in [4.78, 5) is 15.1. The van der Waals surface area contributed by atoms with Gasteiger partial charge in [-0.05, 0) is 42.7 Å². The Kier molecular flexibility index (Phi) is 4.24. The van der Waals surface area contributed by atoms with Crippen molar-refractivity contribution in [2.24, 2.45) is 0 Å². The van der Waals surface area contributed by atoms with Gasteiger partial charge in [0.1, 0.15) is 0 Å². The zero-order chi connectivity index (χ0) is 18.1. The van der Waals surface area contributed by atoms with Crippen molar-refractivity contribution >= 4 is 16.8 Å². The fourth-order valence-electron chi connectivity index (χ4n) is 3.65. The number of benzene rings is 2. The summed E-state index contributed by atoms with van der Waals surface area (Å²) in [6.07, 6.45) is 3.68. The Labute approximate surface area is 151 Å². The molecule has 6 nitrogen and oxygen atoms in total. The number of ether oxygens (including phenoxy) is 2. The number of rotatable bonds is 4. The number of aromatic nitrogens is 2. The summed E-state index contributed by atoms with van der Waals surface area (Å²) in [6, 6.07) is 11.6. The van der Waals surface area contributed by atoms with Gasteiger partial charge in [-0.1, -0.05) is 12.1 Å². The van der Waals surface area contributed by atoms with Crippen molar-refractivity contribution in [3.8, 4) is 11.5 Å². The molecule has 1 aliphatic rings. The Balaban J connectivity index is 1.64. The van der Waals surface area contributed by atoms with Gasteiger partial charge in [0.2, 0.25) is 0 Å². The van der Waals surface area contributed by atoms with Crippen molar-refractivity contribution in [1.29, 1.82) is 0 Å². The molecule has 1 N–H and O–H groups in total. The van der Waals surface area contributed by atoms with E-state index >= 15 is 0 Å². The molecular formula is C20H21N3O3. The number of carbonyl (C=O) groups is 1. The normalized spacial score (nSPS) is 16.8. The summed E-state index contributed by atoms with van der Waals surface area (Å²) in [7, 11) is 3.24. The van der Waals surface area contributed by atoms with Gasteiger partial charge in [-0.15, -0.1) is 0 Å². The third-order valence-electron chi connectivity index (χ3n) is 4.99. The Morgan fingerprint density at radius 3 is 2.81 bits per heavy atom. The topological polar surface area (TPSA) is 67.5 Å². The van der Waals surface area contributed by atoms with Gasteiger partial charge >= 0.3 is 0 Å². The third kappa shape index (κ3) is 2.77. The van der Waals surface area contributed by atoms with Crippen molar-refractivity contribution in [2.75, 3.05) is 20.8 Å². The SMILES string of the molecule is COc1ccc([C@@H]2CCCN2C(=O)c2ccc3cn[nH]c3c2)cc1OC. The second kappa shape index (κ2) is 6.71. The molecule has 134 valence electrons. The van der Waals surface area contributed by atoms with E-state index in [1.807, 2.05) is 41.3 Å². The number of H-pyrrole nitrogens is 1. The van der Waals surface area contributed by atoms with Crippen LogP contribution < -0.4 is 9.47 Å². The maximum atomic E-state index is 13.1. The molecule has 0 bridgehead atoms. The minimum Gasteiger partial charge on any atom is -0.493 e. The standard InChI is InChI=1S/C20H21N3O3/c1-25-18-8-7-13(11-19(18)26-2)17-4-3-9-23(17)20(24)14-5-6-15-12-21-22-16(15)10-14/h5-8,10-12,17H,3-4,9H2,1-2H3,(H,21,22)/t17-/m0/s1. The summed E-state index contributed by atoms with van der Waals surface area (Å²) in [6.45, 7) is 0.749. The number of hydrogen-bond acceptors (Lipinski definition) is 4. The fourth-order valence-corrected chi connectivity index (χ4v) is 3.65. The summed E-state index contributed by atoms with van der Waals surface area (Å²) >= 11 is 0. The van der Waals surface area contributed by atoms with E-state index in [1.165, 1.54) is 0 Å². The molecule has 1 aromatic heterocycles. The lowest BCUT2D eigenvalue weighted by Gasteiger charge is -2.26. The molecule has 0 saturated carbocycles. The van der Waals surface area contributed by atoms with E-state index in [0.717, 1.165) is 35.9 Å². The molecule has 6 heteroatoms. The molecule has 1 atom stereocenters. The Morgan fingerprint density at radius 1 is 1.15 bits per heavy atom. The summed E-state index contributed by atoms with van der Waals surface area (Å²) in [5, 5.41) is 7.95. The molecule has 1 aliphatic heterocycles. The summed E-state index contributed by atoms with van der Waals surface area (Å²) in [5.41, 5.74) is 2.61. The van der Waals surface area contributed by atoms with Crippen molar-refractivity contribution in [1.82, 2.24) is 15.1 Å². The van der Waals surface area contributed by atoms with Crippen molar-refractivity contribution in [3.63, 3.8) is 0 Å². The first-order chi connectivity index (χ1) is 12.7. The predicted octanol–water partition coefficient (Wildman–Crippen LogP) is 3.56. The van der Waals surface area contributed by atoms with Gasteiger partial charge in [0.25, 0.3) is 5.91 Å². The number of likely N-dealkylation sites (tertiary alicyclic amines) is 1. The first-order valence-corrected chi connectivity index (χ1v) is 8.67. The minimum absolute atomic E-state index is 0.0405. The molecule has 1 saturated heterocycles. The highest BCUT2D eigenvalue weighted by Gasteiger charge is 2.31. The second-order valence-corrected chi connectivity index (χ2v) is 6.44. The molecule has 1 amide bonds. The Bertz CT molecular complexity index is 950. The Morgan fingerprint density at radius 2 is 2.00 bits per heavy atom. The highest BCUT2D eigenvalue weighted by Crippen LogP contribution is 2.37. The van der Waals surface area contributed by atoms with E-state index in [0.29, 0.717) is 17.1 Å². The van der Waals surface area contributed by atoms with E-state index in [-0.39, 0.29) is 11.9 Å². The van der Waals surface area contributed by atoms with E-state index in [4.69, 9.17) is 9.47 Å². The molecule has 0 spiro atoms. The lowest BCUT2D eigenvalue weighted by molar-refractivity contribution is 0.0735. The van der Waals surface area contributed by atoms with Crippen LogP contribution in [0.1, 0.15) is 34.8 Å². The summed E-state index contributed by atoms with van der Waals surface area (Å²) in [5.74, 6) is 1.42. The number of nitrogens with zero attached hydrogens (tertiary/aromatic N) is 2. The van der Waals surface area contributed by atoms with Gasteiger partial charge in [0.05, 0.1) is 32.0 Å². The summed E-state index contributed by atoms with van der Waals surface area (Å²) < 4.78 is 10.7. The third-order valence-corrected chi connectivity index (χ3v) is 4.99. The molecule has 26 heavy (non-hydrogen) atoms. The van der Waals surface area contributed by atoms with E-state index in [2.05, 4.69) is 10.2 Å². The van der Waals surface area contributed by atoms with Gasteiger partial charge in [-0.3, -0.25) is 9.89 Å². The van der Waals surface area contributed by atoms with Crippen LogP contribution >= 0.6 is 0 Å². The molecule has 3 aromatic rings. The van der Waals surface area contributed by atoms with E-state index in [1.54, 1.807) is 20.4 Å². The van der Waals surface area contributed by atoms with Crippen LogP contribution in [-0.4, -0.2) is 41.8 Å². The van der Waals surface area contributed by atoms with E-state index < -0.39 is 0 Å². The van der Waals surface area contributed by atoms with E-state index in [9.17, 15) is 4.79 Å². The Hall–Kier alpha value is -3.02. The number of amides is 1. The number of nitrogens with one attached hydrogen (secondary N) is 1. The van der Waals surface area contributed by atoms with Crippen LogP contribution in [0.3, 0.4) is 0 Å². The van der Waals surface area contributed by atoms with Gasteiger partial charge in [-0.2, -0.15) is 5.10 Å². The average Bonchev–Trinajstić information content (AvgIpc) is 3.35. The first kappa shape index (κ1) is 16.4. The van der Waals surface area contributed by atoms with Crippen LogP contribution in [0.2, 0.25) is 0 Å². The highest BCUT2D eigenvalue weighted by molar-refractivity contribution is 5.98. The lowest BCUT2D eigenvalue weighted by Crippen LogP contribution is -2.30. The molecule has 0 radical (unpaired) electrons. The number of methoxy groups -OCH3 is 2. The number of carbonyl (C=O) groups excluding carboxylic acids is 1. The molecule has 0 aliphatic carbocycles. The molecule has 4 rings (SSSR count). The first-order valence-electron chi connectivity index (χ1n) is 8.67. The fraction of sp³-hybridized carbons (Fsp3) is 0.300. The molecule has 1 fully saturated rings. The van der Waals surface area contributed by atoms with Gasteiger partial charge in [0.15, 0.2) is 11.5 Å². The largest absolute Gasteiger partial charge is 0.493 e. The zero-order valence-electron chi connectivity index (χ0n) is 14.9. The van der Waals surface area contributed by atoms with Crippen LogP contribution in [0.4, 0.5) is 0 Å². The molecule has 2 aromatic carbocycles. The smallest absolute Gasteiger partial charge is 0.254 e. The van der Waals surface area contributed by atoms with Crippen LogP contribution in [0.5, 0.6) is 11.5 Å². The number of fused-ring (bicyclic) bond motifs is 1. The zero-order valence-corrected chi connectivity index (χ0v) is 14.9. The van der Waals surface area contributed by atoms with Crippen molar-refractivity contribution in [3.05, 3.63) is 53.7 Å². The van der Waals surface area contributed by atoms with Gasteiger partial charge in [-0.25, -0.2) is 0 Å². The number of hydrogen-bond donors (Lipinski definition) is 1. The molecule has 2 heterocycles. The monoisotopic (exact) mass is 351 g/mol. The second-order valence-electron chi connectivity index (χ2n) is 6.44. The number of aromatic amines is 1. The van der Waals surface area contributed by atoms with Crippen LogP contribution in [0.25, 0.3) is 10.9 Å². The quantitative estimate of drug-likeness (QED) is 0.780.